The molecule has 126 valence electrons. The molecule has 24 heavy (non-hydrogen) atoms. The normalized spacial score (nSPS) is 15.0. The van der Waals surface area contributed by atoms with Crippen LogP contribution in [0.25, 0.3) is 0 Å². The molecule has 0 aliphatic carbocycles. The topological polar surface area (TPSA) is 108 Å². The summed E-state index contributed by atoms with van der Waals surface area (Å²) in [5, 5.41) is 5.52. The molecule has 4 N–H and O–H groups in total. The highest BCUT2D eigenvalue weighted by molar-refractivity contribution is 7.52. The summed E-state index contributed by atoms with van der Waals surface area (Å²) in [6.07, 6.45) is 0. The van der Waals surface area contributed by atoms with E-state index >= 15 is 0 Å². The average Bonchev–Trinajstić information content (AvgIpc) is 2.51. The summed E-state index contributed by atoms with van der Waals surface area (Å²) >= 11 is 0. The molecular formula is C16H17N2O5P. The first-order valence-corrected chi connectivity index (χ1v) is 8.96. The van der Waals surface area contributed by atoms with Gasteiger partial charge in [0.15, 0.2) is 12.4 Å². The van der Waals surface area contributed by atoms with E-state index in [2.05, 4.69) is 10.6 Å². The summed E-state index contributed by atoms with van der Waals surface area (Å²) in [4.78, 5) is 30.8. The van der Waals surface area contributed by atoms with Crippen molar-refractivity contribution in [2.45, 2.75) is 12.7 Å². The van der Waals surface area contributed by atoms with Crippen molar-refractivity contribution in [2.24, 2.45) is 0 Å². The van der Waals surface area contributed by atoms with Crippen LogP contribution in [0.2, 0.25) is 0 Å². The third-order valence-electron chi connectivity index (χ3n) is 3.61. The molecular weight excluding hydrogens is 331 g/mol. The number of benzene rings is 2. The molecule has 1 aliphatic rings. The number of nitrogens with one attached hydrogen (secondary N) is 2. The Kier molecular flexibility index (Phi) is 4.32. The van der Waals surface area contributed by atoms with E-state index in [0.29, 0.717) is 22.7 Å². The van der Waals surface area contributed by atoms with E-state index in [4.69, 9.17) is 4.74 Å². The van der Waals surface area contributed by atoms with Crippen molar-refractivity contribution in [2.75, 3.05) is 17.2 Å². The smallest absolute Gasteiger partial charge is 0.352 e. The maximum atomic E-state index is 11.9. The molecule has 0 saturated carbocycles. The minimum absolute atomic E-state index is 0.0474. The number of carbonyl (C=O) groups excluding carboxylic acids is 1. The minimum Gasteiger partial charge on any atom is -0.482 e. The number of anilines is 2. The highest BCUT2D eigenvalue weighted by Gasteiger charge is 2.31. The van der Waals surface area contributed by atoms with Crippen LogP contribution in [-0.4, -0.2) is 22.3 Å². The van der Waals surface area contributed by atoms with Gasteiger partial charge in [0, 0.05) is 5.69 Å². The van der Waals surface area contributed by atoms with Crippen molar-refractivity contribution in [3.8, 4) is 5.75 Å². The lowest BCUT2D eigenvalue weighted by atomic mass is 10.1. The lowest BCUT2D eigenvalue weighted by Gasteiger charge is -2.23. The summed E-state index contributed by atoms with van der Waals surface area (Å²) in [5.41, 5.74) is 2.32. The van der Waals surface area contributed by atoms with Crippen LogP contribution in [-0.2, 0) is 9.36 Å². The Hall–Kier alpha value is -2.34. The van der Waals surface area contributed by atoms with E-state index in [-0.39, 0.29) is 12.5 Å². The molecule has 1 amide bonds. The van der Waals surface area contributed by atoms with E-state index in [1.54, 1.807) is 36.4 Å². The van der Waals surface area contributed by atoms with Gasteiger partial charge < -0.3 is 25.2 Å². The monoisotopic (exact) mass is 348 g/mol. The summed E-state index contributed by atoms with van der Waals surface area (Å²) in [5.74, 6) is -0.941. The van der Waals surface area contributed by atoms with Crippen LogP contribution in [0.1, 0.15) is 16.9 Å². The molecule has 0 fully saturated rings. The Labute approximate surface area is 138 Å². The molecule has 0 radical (unpaired) electrons. The number of fused-ring (bicyclic) bond motifs is 1. The Morgan fingerprint density at radius 2 is 2.04 bits per heavy atom. The molecule has 1 atom stereocenters. The van der Waals surface area contributed by atoms with Crippen LogP contribution in [0.5, 0.6) is 5.75 Å². The van der Waals surface area contributed by atoms with Gasteiger partial charge in [-0.15, -0.1) is 0 Å². The van der Waals surface area contributed by atoms with Gasteiger partial charge >= 0.3 is 7.60 Å². The molecule has 1 aliphatic heterocycles. The SMILES string of the molecule is Cc1cccc([C@H](Nc2ccc3c(c2)NC(=O)CO3)P(=O)(O)O)c1. The lowest BCUT2D eigenvalue weighted by Crippen LogP contribution is -2.25. The number of carbonyl (C=O) groups is 1. The van der Waals surface area contributed by atoms with Crippen molar-refractivity contribution in [3.05, 3.63) is 53.6 Å². The van der Waals surface area contributed by atoms with E-state index in [1.807, 2.05) is 13.0 Å². The molecule has 0 spiro atoms. The van der Waals surface area contributed by atoms with Crippen molar-refractivity contribution in [1.82, 2.24) is 0 Å². The third kappa shape index (κ3) is 3.59. The van der Waals surface area contributed by atoms with E-state index in [0.717, 1.165) is 5.56 Å². The largest absolute Gasteiger partial charge is 0.482 e. The van der Waals surface area contributed by atoms with Crippen LogP contribution >= 0.6 is 7.60 Å². The average molecular weight is 348 g/mol. The Morgan fingerprint density at radius 3 is 2.75 bits per heavy atom. The van der Waals surface area contributed by atoms with E-state index < -0.39 is 13.4 Å². The number of hydrogen-bond acceptors (Lipinski definition) is 4. The van der Waals surface area contributed by atoms with E-state index in [9.17, 15) is 19.1 Å². The summed E-state index contributed by atoms with van der Waals surface area (Å²) in [6.45, 7) is 1.81. The highest BCUT2D eigenvalue weighted by atomic mass is 31.2. The van der Waals surface area contributed by atoms with Gasteiger partial charge in [-0.2, -0.15) is 0 Å². The zero-order valence-electron chi connectivity index (χ0n) is 12.9. The van der Waals surface area contributed by atoms with Gasteiger partial charge in [-0.25, -0.2) is 0 Å². The van der Waals surface area contributed by atoms with Gasteiger partial charge in [-0.05, 0) is 30.7 Å². The summed E-state index contributed by atoms with van der Waals surface area (Å²) in [6, 6.07) is 11.9. The molecule has 7 nitrogen and oxygen atoms in total. The molecule has 0 bridgehead atoms. The van der Waals surface area contributed by atoms with Gasteiger partial charge in [-0.3, -0.25) is 9.36 Å². The number of rotatable bonds is 4. The second kappa shape index (κ2) is 6.28. The molecule has 2 aromatic rings. The van der Waals surface area contributed by atoms with Crippen molar-refractivity contribution < 1.29 is 23.9 Å². The Bertz CT molecular complexity index is 833. The van der Waals surface area contributed by atoms with Gasteiger partial charge in [0.25, 0.3) is 5.91 Å². The van der Waals surface area contributed by atoms with E-state index in [1.165, 1.54) is 0 Å². The van der Waals surface area contributed by atoms with Crippen LogP contribution in [0.15, 0.2) is 42.5 Å². The highest BCUT2D eigenvalue weighted by Crippen LogP contribution is 2.52. The Morgan fingerprint density at radius 1 is 1.25 bits per heavy atom. The van der Waals surface area contributed by atoms with Gasteiger partial charge in [0.2, 0.25) is 0 Å². The Balaban J connectivity index is 1.92. The van der Waals surface area contributed by atoms with Crippen LogP contribution < -0.4 is 15.4 Å². The molecule has 2 aromatic carbocycles. The van der Waals surface area contributed by atoms with Crippen LogP contribution in [0.3, 0.4) is 0 Å². The van der Waals surface area contributed by atoms with Gasteiger partial charge in [-0.1, -0.05) is 29.8 Å². The number of ether oxygens (including phenoxy) is 1. The first-order chi connectivity index (χ1) is 11.3. The van der Waals surface area contributed by atoms with Gasteiger partial charge in [0.05, 0.1) is 5.69 Å². The molecule has 8 heteroatoms. The minimum atomic E-state index is -4.45. The zero-order valence-corrected chi connectivity index (χ0v) is 13.8. The molecule has 0 aromatic heterocycles. The van der Waals surface area contributed by atoms with Crippen LogP contribution in [0, 0.1) is 6.92 Å². The summed E-state index contributed by atoms with van der Waals surface area (Å²) < 4.78 is 17.2. The maximum Gasteiger partial charge on any atom is 0.352 e. The zero-order chi connectivity index (χ0) is 17.3. The summed E-state index contributed by atoms with van der Waals surface area (Å²) in [7, 11) is -4.45. The number of hydrogen-bond donors (Lipinski definition) is 4. The fraction of sp³-hybridized carbons (Fsp3) is 0.188. The predicted molar refractivity (Wildman–Crippen MR) is 90.2 cm³/mol. The standard InChI is InChI=1S/C16H17N2O5P/c1-10-3-2-4-11(7-10)16(24(20,21)22)17-12-5-6-14-13(8-12)18-15(19)9-23-14/h2-8,16-17H,9H2,1H3,(H,18,19)(H2,20,21,22)/t16-/m1/s1. The molecule has 0 saturated heterocycles. The lowest BCUT2D eigenvalue weighted by molar-refractivity contribution is -0.118. The predicted octanol–water partition coefficient (Wildman–Crippen LogP) is 2.61. The fourth-order valence-electron chi connectivity index (χ4n) is 2.53. The second-order valence-electron chi connectivity index (χ2n) is 5.60. The van der Waals surface area contributed by atoms with Crippen LogP contribution in [0.4, 0.5) is 11.4 Å². The molecule has 0 unspecified atom stereocenters. The molecule has 3 rings (SSSR count). The molecule has 1 heterocycles. The second-order valence-corrected chi connectivity index (χ2v) is 7.29. The van der Waals surface area contributed by atoms with Gasteiger partial charge in [0.1, 0.15) is 5.75 Å². The first kappa shape index (κ1) is 16.5. The van der Waals surface area contributed by atoms with Crippen molar-refractivity contribution in [1.29, 1.82) is 0 Å². The number of amides is 1. The van der Waals surface area contributed by atoms with Crippen molar-refractivity contribution >= 4 is 24.9 Å². The number of aryl methyl sites for hydroxylation is 1. The third-order valence-corrected chi connectivity index (χ3v) is 4.71. The first-order valence-electron chi connectivity index (χ1n) is 7.28. The quantitative estimate of drug-likeness (QED) is 0.633. The fourth-order valence-corrected chi connectivity index (χ4v) is 3.40. The van der Waals surface area contributed by atoms with Crippen molar-refractivity contribution in [3.63, 3.8) is 0 Å². The maximum absolute atomic E-state index is 11.9.